The van der Waals surface area contributed by atoms with Gasteiger partial charge in [-0.2, -0.15) is 0 Å². The number of nitrogens with zero attached hydrogens (tertiary/aromatic N) is 4. The summed E-state index contributed by atoms with van der Waals surface area (Å²) in [6.45, 7) is 4.52. The second-order valence-electron chi connectivity index (χ2n) is 5.59. The van der Waals surface area contributed by atoms with Crippen molar-refractivity contribution in [3.8, 4) is 0 Å². The summed E-state index contributed by atoms with van der Waals surface area (Å²) < 4.78 is 3.67. The minimum Gasteiger partial charge on any atom is -0.315 e. The molecule has 4 rings (SSSR count). The Bertz CT molecular complexity index is 1130. The molecule has 3 aromatic heterocycles. The Morgan fingerprint density at radius 1 is 1.12 bits per heavy atom. The highest BCUT2D eigenvalue weighted by Crippen LogP contribution is 2.26. The number of benzene rings is 1. The van der Waals surface area contributed by atoms with E-state index in [0.717, 1.165) is 21.9 Å². The summed E-state index contributed by atoms with van der Waals surface area (Å²) in [5.41, 5.74) is 3.37. The SMILES string of the molecule is C=CCn1c(SCc2cc(=O)n3ccccc3n2)nc2ccccc21. The third-order valence-electron chi connectivity index (χ3n) is 3.90. The monoisotopic (exact) mass is 348 g/mol. The van der Waals surface area contributed by atoms with Crippen molar-refractivity contribution in [2.45, 2.75) is 17.5 Å². The van der Waals surface area contributed by atoms with E-state index in [9.17, 15) is 4.79 Å². The molecule has 0 unspecified atom stereocenters. The molecule has 1 aromatic carbocycles. The number of imidazole rings is 1. The van der Waals surface area contributed by atoms with Crippen molar-refractivity contribution in [2.24, 2.45) is 0 Å². The minimum absolute atomic E-state index is 0.0687. The van der Waals surface area contributed by atoms with Crippen LogP contribution in [0.15, 0.2) is 77.3 Å². The minimum atomic E-state index is -0.0687. The van der Waals surface area contributed by atoms with Crippen molar-refractivity contribution in [3.05, 3.63) is 83.4 Å². The van der Waals surface area contributed by atoms with Crippen LogP contribution in [0.25, 0.3) is 16.7 Å². The quantitative estimate of drug-likeness (QED) is 0.409. The van der Waals surface area contributed by atoms with Gasteiger partial charge in [-0.05, 0) is 24.3 Å². The van der Waals surface area contributed by atoms with Crippen LogP contribution in [0.2, 0.25) is 0 Å². The van der Waals surface area contributed by atoms with Crippen LogP contribution in [0, 0.1) is 0 Å². The smallest absolute Gasteiger partial charge is 0.258 e. The number of hydrogen-bond acceptors (Lipinski definition) is 4. The molecule has 0 fully saturated rings. The lowest BCUT2D eigenvalue weighted by Gasteiger charge is -2.06. The van der Waals surface area contributed by atoms with Crippen LogP contribution in [0.5, 0.6) is 0 Å². The molecule has 0 spiro atoms. The Balaban J connectivity index is 1.67. The van der Waals surface area contributed by atoms with Crippen LogP contribution in [0.1, 0.15) is 5.69 Å². The van der Waals surface area contributed by atoms with Gasteiger partial charge in [-0.25, -0.2) is 9.97 Å². The number of rotatable bonds is 5. The summed E-state index contributed by atoms with van der Waals surface area (Å²) in [6, 6.07) is 15.2. The normalized spacial score (nSPS) is 11.2. The third kappa shape index (κ3) is 2.96. The Labute approximate surface area is 148 Å². The molecular formula is C19H16N4OS. The predicted octanol–water partition coefficient (Wildman–Crippen LogP) is 3.52. The maximum atomic E-state index is 12.2. The van der Waals surface area contributed by atoms with Gasteiger partial charge in [0, 0.05) is 24.6 Å². The van der Waals surface area contributed by atoms with E-state index in [0.29, 0.717) is 17.9 Å². The van der Waals surface area contributed by atoms with Gasteiger partial charge >= 0.3 is 0 Å². The van der Waals surface area contributed by atoms with Gasteiger partial charge in [0.1, 0.15) is 5.65 Å². The molecule has 3 heterocycles. The van der Waals surface area contributed by atoms with E-state index >= 15 is 0 Å². The van der Waals surface area contributed by atoms with Gasteiger partial charge in [0.05, 0.1) is 16.7 Å². The summed E-state index contributed by atoms with van der Waals surface area (Å²) >= 11 is 1.58. The molecule has 124 valence electrons. The van der Waals surface area contributed by atoms with Crippen LogP contribution in [-0.4, -0.2) is 18.9 Å². The molecule has 0 radical (unpaired) electrons. The van der Waals surface area contributed by atoms with Gasteiger partial charge in [0.25, 0.3) is 5.56 Å². The van der Waals surface area contributed by atoms with E-state index in [1.807, 2.05) is 42.5 Å². The van der Waals surface area contributed by atoms with E-state index < -0.39 is 0 Å². The molecule has 0 aliphatic rings. The molecule has 4 aromatic rings. The van der Waals surface area contributed by atoms with Gasteiger partial charge in [-0.1, -0.05) is 36.0 Å². The van der Waals surface area contributed by atoms with Gasteiger partial charge < -0.3 is 4.57 Å². The average molecular weight is 348 g/mol. The van der Waals surface area contributed by atoms with Gasteiger partial charge in [-0.15, -0.1) is 6.58 Å². The average Bonchev–Trinajstić information content (AvgIpc) is 2.98. The Morgan fingerprint density at radius 2 is 1.96 bits per heavy atom. The van der Waals surface area contributed by atoms with Crippen molar-refractivity contribution in [1.29, 1.82) is 0 Å². The number of fused-ring (bicyclic) bond motifs is 2. The maximum absolute atomic E-state index is 12.2. The number of pyridine rings is 1. The lowest BCUT2D eigenvalue weighted by Crippen LogP contribution is -2.14. The molecule has 0 aliphatic heterocycles. The zero-order chi connectivity index (χ0) is 17.2. The van der Waals surface area contributed by atoms with E-state index in [1.54, 1.807) is 28.4 Å². The predicted molar refractivity (Wildman–Crippen MR) is 101 cm³/mol. The molecule has 0 atom stereocenters. The molecular weight excluding hydrogens is 332 g/mol. The Kier molecular flexibility index (Phi) is 4.11. The number of para-hydroxylation sites is 2. The number of hydrogen-bond donors (Lipinski definition) is 0. The molecule has 0 saturated carbocycles. The summed E-state index contributed by atoms with van der Waals surface area (Å²) in [5, 5.41) is 0.899. The summed E-state index contributed by atoms with van der Waals surface area (Å²) in [6.07, 6.45) is 3.59. The molecule has 0 bridgehead atoms. The van der Waals surface area contributed by atoms with E-state index in [4.69, 9.17) is 4.98 Å². The first-order valence-electron chi connectivity index (χ1n) is 7.92. The molecule has 0 saturated heterocycles. The zero-order valence-corrected chi connectivity index (χ0v) is 14.3. The van der Waals surface area contributed by atoms with E-state index in [1.165, 1.54) is 0 Å². The van der Waals surface area contributed by atoms with Gasteiger partial charge in [0.2, 0.25) is 0 Å². The fourth-order valence-corrected chi connectivity index (χ4v) is 3.70. The Hall–Kier alpha value is -2.86. The molecule has 0 amide bonds. The van der Waals surface area contributed by atoms with E-state index in [-0.39, 0.29) is 5.56 Å². The van der Waals surface area contributed by atoms with Crippen LogP contribution in [-0.2, 0) is 12.3 Å². The molecule has 25 heavy (non-hydrogen) atoms. The topological polar surface area (TPSA) is 52.2 Å². The van der Waals surface area contributed by atoms with E-state index in [2.05, 4.69) is 22.2 Å². The van der Waals surface area contributed by atoms with Crippen LogP contribution in [0.4, 0.5) is 0 Å². The van der Waals surface area contributed by atoms with Crippen molar-refractivity contribution in [3.63, 3.8) is 0 Å². The van der Waals surface area contributed by atoms with Crippen LogP contribution in [0.3, 0.4) is 0 Å². The van der Waals surface area contributed by atoms with Gasteiger partial charge in [-0.3, -0.25) is 9.20 Å². The summed E-state index contributed by atoms with van der Waals surface area (Å²) in [4.78, 5) is 21.5. The highest BCUT2D eigenvalue weighted by atomic mass is 32.2. The lowest BCUT2D eigenvalue weighted by molar-refractivity contribution is 0.748. The second kappa shape index (κ2) is 6.57. The summed E-state index contributed by atoms with van der Waals surface area (Å²) in [5.74, 6) is 0.584. The highest BCUT2D eigenvalue weighted by Gasteiger charge is 2.11. The molecule has 6 heteroatoms. The first kappa shape index (κ1) is 15.7. The number of aromatic nitrogens is 4. The fourth-order valence-electron chi connectivity index (χ4n) is 2.78. The van der Waals surface area contributed by atoms with Crippen LogP contribution < -0.4 is 5.56 Å². The van der Waals surface area contributed by atoms with Crippen molar-refractivity contribution in [2.75, 3.05) is 0 Å². The molecule has 0 N–H and O–H groups in total. The fraction of sp³-hybridized carbons (Fsp3) is 0.105. The molecule has 0 aliphatic carbocycles. The zero-order valence-electron chi connectivity index (χ0n) is 13.5. The maximum Gasteiger partial charge on any atom is 0.258 e. The first-order chi connectivity index (χ1) is 12.3. The van der Waals surface area contributed by atoms with Crippen LogP contribution >= 0.6 is 11.8 Å². The molecule has 5 nitrogen and oxygen atoms in total. The highest BCUT2D eigenvalue weighted by molar-refractivity contribution is 7.98. The van der Waals surface area contributed by atoms with Crippen molar-refractivity contribution >= 4 is 28.4 Å². The van der Waals surface area contributed by atoms with Gasteiger partial charge in [0.15, 0.2) is 5.16 Å². The number of allylic oxidation sites excluding steroid dienone is 1. The second-order valence-corrected chi connectivity index (χ2v) is 6.53. The Morgan fingerprint density at radius 3 is 2.84 bits per heavy atom. The first-order valence-corrected chi connectivity index (χ1v) is 8.91. The van der Waals surface area contributed by atoms with Crippen molar-refractivity contribution < 1.29 is 0 Å². The summed E-state index contributed by atoms with van der Waals surface area (Å²) in [7, 11) is 0. The largest absolute Gasteiger partial charge is 0.315 e. The van der Waals surface area contributed by atoms with Crippen molar-refractivity contribution in [1.82, 2.24) is 18.9 Å². The third-order valence-corrected chi connectivity index (χ3v) is 4.91. The number of thioether (sulfide) groups is 1. The lowest BCUT2D eigenvalue weighted by atomic mass is 10.3. The standard InChI is InChI=1S/C19H16N4OS/c1-2-10-22-16-8-4-3-7-15(16)21-19(22)25-13-14-12-18(24)23-11-6-5-9-17(23)20-14/h2-9,11-12H,1,10,13H2.